The average molecular weight is 230 g/mol. The molecule has 0 rings (SSSR count). The maximum Gasteiger partial charge on any atom is 0.0464 e. The predicted octanol–water partition coefficient (Wildman–Crippen LogP) is 3.08. The normalized spacial score (nSPS) is 17.2. The van der Waals surface area contributed by atoms with Gasteiger partial charge in [-0.05, 0) is 35.5 Å². The van der Waals surface area contributed by atoms with E-state index in [9.17, 15) is 10.2 Å². The van der Waals surface area contributed by atoms with Crippen molar-refractivity contribution < 1.29 is 10.2 Å². The van der Waals surface area contributed by atoms with Gasteiger partial charge in [-0.2, -0.15) is 0 Å². The molecular weight excluding hydrogens is 200 g/mol. The van der Waals surface area contributed by atoms with Gasteiger partial charge in [0.2, 0.25) is 0 Å². The SMILES string of the molecule is CC(C)(C)C(CO)CCC(CO)C(C)(C)C. The summed E-state index contributed by atoms with van der Waals surface area (Å²) in [4.78, 5) is 0. The quantitative estimate of drug-likeness (QED) is 0.762. The molecule has 0 heterocycles. The molecule has 0 saturated heterocycles. The minimum absolute atomic E-state index is 0.145. The number of hydrogen-bond donors (Lipinski definition) is 2. The van der Waals surface area contributed by atoms with E-state index in [1.165, 1.54) is 0 Å². The molecule has 0 aliphatic carbocycles. The van der Waals surface area contributed by atoms with Crippen LogP contribution in [-0.2, 0) is 0 Å². The second-order valence-corrected chi connectivity index (χ2v) is 7.07. The summed E-state index contributed by atoms with van der Waals surface area (Å²) >= 11 is 0. The van der Waals surface area contributed by atoms with E-state index in [0.717, 1.165) is 12.8 Å². The van der Waals surface area contributed by atoms with Gasteiger partial charge in [0.1, 0.15) is 0 Å². The highest BCUT2D eigenvalue weighted by Gasteiger charge is 2.28. The minimum Gasteiger partial charge on any atom is -0.396 e. The van der Waals surface area contributed by atoms with E-state index in [-0.39, 0.29) is 24.0 Å². The maximum absolute atomic E-state index is 9.39. The van der Waals surface area contributed by atoms with Crippen LogP contribution in [0, 0.1) is 22.7 Å². The number of aliphatic hydroxyl groups excluding tert-OH is 2. The van der Waals surface area contributed by atoms with Gasteiger partial charge < -0.3 is 10.2 Å². The molecule has 0 aromatic rings. The van der Waals surface area contributed by atoms with Gasteiger partial charge >= 0.3 is 0 Å². The van der Waals surface area contributed by atoms with Crippen LogP contribution in [0.25, 0.3) is 0 Å². The van der Waals surface area contributed by atoms with Gasteiger partial charge in [0.25, 0.3) is 0 Å². The first kappa shape index (κ1) is 15.9. The first-order chi connectivity index (χ1) is 7.12. The number of rotatable bonds is 5. The van der Waals surface area contributed by atoms with Crippen molar-refractivity contribution in [2.75, 3.05) is 13.2 Å². The van der Waals surface area contributed by atoms with Crippen LogP contribution in [0.1, 0.15) is 54.4 Å². The van der Waals surface area contributed by atoms with Crippen LogP contribution in [0.15, 0.2) is 0 Å². The standard InChI is InChI=1S/C14H30O2/c1-13(2,3)11(9-15)7-8-12(10-16)14(4,5)6/h11-12,15-16H,7-10H2,1-6H3. The van der Waals surface area contributed by atoms with Crippen molar-refractivity contribution >= 4 is 0 Å². The lowest BCUT2D eigenvalue weighted by molar-refractivity contribution is 0.0812. The second-order valence-electron chi connectivity index (χ2n) is 7.07. The summed E-state index contributed by atoms with van der Waals surface area (Å²) in [7, 11) is 0. The zero-order valence-electron chi connectivity index (χ0n) is 11.9. The molecule has 2 heteroatoms. The van der Waals surface area contributed by atoms with E-state index in [2.05, 4.69) is 41.5 Å². The Kier molecular flexibility index (Phi) is 5.99. The summed E-state index contributed by atoms with van der Waals surface area (Å²) in [5.41, 5.74) is 0.291. The molecule has 0 fully saturated rings. The van der Waals surface area contributed by atoms with Crippen LogP contribution in [0.4, 0.5) is 0 Å². The first-order valence-electron chi connectivity index (χ1n) is 6.34. The molecule has 0 spiro atoms. The van der Waals surface area contributed by atoms with Crippen molar-refractivity contribution in [2.24, 2.45) is 22.7 Å². The molecule has 0 bridgehead atoms. The van der Waals surface area contributed by atoms with Crippen LogP contribution in [0.2, 0.25) is 0 Å². The number of aliphatic hydroxyl groups is 2. The summed E-state index contributed by atoms with van der Waals surface area (Å²) in [5.74, 6) is 0.646. The monoisotopic (exact) mass is 230 g/mol. The van der Waals surface area contributed by atoms with Crippen LogP contribution in [0.3, 0.4) is 0 Å². The highest BCUT2D eigenvalue weighted by atomic mass is 16.3. The zero-order chi connectivity index (χ0) is 13.0. The van der Waals surface area contributed by atoms with Crippen LogP contribution in [-0.4, -0.2) is 23.4 Å². The third-order valence-electron chi connectivity index (χ3n) is 3.75. The van der Waals surface area contributed by atoms with Crippen molar-refractivity contribution in [1.29, 1.82) is 0 Å². The number of hydrogen-bond acceptors (Lipinski definition) is 2. The lowest BCUT2D eigenvalue weighted by atomic mass is 9.73. The van der Waals surface area contributed by atoms with Crippen LogP contribution >= 0.6 is 0 Å². The summed E-state index contributed by atoms with van der Waals surface area (Å²) in [6.45, 7) is 13.5. The molecule has 2 nitrogen and oxygen atoms in total. The van der Waals surface area contributed by atoms with Crippen LogP contribution in [0.5, 0.6) is 0 Å². The molecule has 98 valence electrons. The Bertz CT molecular complexity index is 164. The van der Waals surface area contributed by atoms with E-state index in [4.69, 9.17) is 0 Å². The second kappa shape index (κ2) is 6.02. The summed E-state index contributed by atoms with van der Waals surface area (Å²) in [5, 5.41) is 18.8. The van der Waals surface area contributed by atoms with Crippen molar-refractivity contribution in [3.63, 3.8) is 0 Å². The van der Waals surface area contributed by atoms with Crippen molar-refractivity contribution in [1.82, 2.24) is 0 Å². The van der Waals surface area contributed by atoms with E-state index in [1.54, 1.807) is 0 Å². The topological polar surface area (TPSA) is 40.5 Å². The van der Waals surface area contributed by atoms with Gasteiger partial charge in [-0.25, -0.2) is 0 Å². The lowest BCUT2D eigenvalue weighted by Crippen LogP contribution is -2.28. The highest BCUT2D eigenvalue weighted by Crippen LogP contribution is 2.35. The van der Waals surface area contributed by atoms with E-state index >= 15 is 0 Å². The van der Waals surface area contributed by atoms with Gasteiger partial charge in [0.15, 0.2) is 0 Å². The largest absolute Gasteiger partial charge is 0.396 e. The molecule has 2 atom stereocenters. The molecule has 2 N–H and O–H groups in total. The summed E-state index contributed by atoms with van der Waals surface area (Å²) in [6.07, 6.45) is 1.98. The molecule has 0 radical (unpaired) electrons. The fourth-order valence-electron chi connectivity index (χ4n) is 2.00. The van der Waals surface area contributed by atoms with Gasteiger partial charge in [0.05, 0.1) is 0 Å². The Balaban J connectivity index is 4.30. The first-order valence-corrected chi connectivity index (χ1v) is 6.34. The molecule has 0 saturated carbocycles. The Hall–Kier alpha value is -0.0800. The molecule has 16 heavy (non-hydrogen) atoms. The predicted molar refractivity (Wildman–Crippen MR) is 69.3 cm³/mol. The molecule has 0 amide bonds. The van der Waals surface area contributed by atoms with E-state index in [1.807, 2.05) is 0 Å². The Morgan fingerprint density at radius 3 is 1.06 bits per heavy atom. The molecule has 0 aromatic heterocycles. The minimum atomic E-state index is 0.145. The fourth-order valence-corrected chi connectivity index (χ4v) is 2.00. The molecular formula is C14H30O2. The van der Waals surface area contributed by atoms with Crippen LogP contribution < -0.4 is 0 Å². The molecule has 0 aliphatic rings. The average Bonchev–Trinajstić information content (AvgIpc) is 2.08. The van der Waals surface area contributed by atoms with Gasteiger partial charge in [0, 0.05) is 13.2 Å². The zero-order valence-corrected chi connectivity index (χ0v) is 11.9. The molecule has 0 aliphatic heterocycles. The summed E-state index contributed by atoms with van der Waals surface area (Å²) in [6, 6.07) is 0. The fraction of sp³-hybridized carbons (Fsp3) is 1.00. The summed E-state index contributed by atoms with van der Waals surface area (Å²) < 4.78 is 0. The van der Waals surface area contributed by atoms with E-state index in [0.29, 0.717) is 11.8 Å². The van der Waals surface area contributed by atoms with Gasteiger partial charge in [-0.1, -0.05) is 41.5 Å². The lowest BCUT2D eigenvalue weighted by Gasteiger charge is -2.34. The smallest absolute Gasteiger partial charge is 0.0464 e. The van der Waals surface area contributed by atoms with E-state index < -0.39 is 0 Å². The van der Waals surface area contributed by atoms with Gasteiger partial charge in [-0.3, -0.25) is 0 Å². The maximum atomic E-state index is 9.39. The molecule has 0 aromatic carbocycles. The van der Waals surface area contributed by atoms with Crippen molar-refractivity contribution in [2.45, 2.75) is 54.4 Å². The Labute approximate surface area is 101 Å². The van der Waals surface area contributed by atoms with Crippen molar-refractivity contribution in [3.8, 4) is 0 Å². The third kappa shape index (κ3) is 5.31. The van der Waals surface area contributed by atoms with Gasteiger partial charge in [-0.15, -0.1) is 0 Å². The highest BCUT2D eigenvalue weighted by molar-refractivity contribution is 4.78. The third-order valence-corrected chi connectivity index (χ3v) is 3.75. The Morgan fingerprint density at radius 2 is 0.938 bits per heavy atom. The Morgan fingerprint density at radius 1 is 0.688 bits per heavy atom. The molecule has 2 unspecified atom stereocenters. The van der Waals surface area contributed by atoms with Crippen molar-refractivity contribution in [3.05, 3.63) is 0 Å².